The van der Waals surface area contributed by atoms with Gasteiger partial charge in [0.2, 0.25) is 0 Å². The van der Waals surface area contributed by atoms with Crippen LogP contribution in [0.15, 0.2) is 0 Å². The van der Waals surface area contributed by atoms with E-state index < -0.39 is 12.4 Å². The number of ether oxygens (including phenoxy) is 3. The van der Waals surface area contributed by atoms with E-state index in [1.54, 1.807) is 0 Å². The molecule has 2 aliphatic rings. The molecule has 2 heterocycles. The van der Waals surface area contributed by atoms with Crippen molar-refractivity contribution in [1.29, 1.82) is 0 Å². The molecule has 2 aliphatic heterocycles. The van der Waals surface area contributed by atoms with Crippen LogP contribution in [0.1, 0.15) is 64.2 Å². The SMILES string of the molecule is O=CCCCCCN(CCCC1OCCCC1O)CCOC1CC(O)CC(CO)O1. The molecule has 2 rings (SSSR count). The van der Waals surface area contributed by atoms with E-state index in [9.17, 15) is 20.1 Å². The number of aliphatic hydroxyl groups excluding tert-OH is 3. The number of aliphatic hydroxyl groups is 3. The molecule has 0 spiro atoms. The third-order valence-electron chi connectivity index (χ3n) is 5.92. The first-order valence-corrected chi connectivity index (χ1v) is 11.6. The maximum atomic E-state index is 10.5. The highest BCUT2D eigenvalue weighted by atomic mass is 16.7. The lowest BCUT2D eigenvalue weighted by atomic mass is 10.0. The second-order valence-corrected chi connectivity index (χ2v) is 8.48. The van der Waals surface area contributed by atoms with Crippen molar-refractivity contribution >= 4 is 6.29 Å². The summed E-state index contributed by atoms with van der Waals surface area (Å²) in [5, 5.41) is 29.2. The Labute approximate surface area is 180 Å². The normalized spacial score (nSPS) is 29.9. The first-order valence-electron chi connectivity index (χ1n) is 11.6. The van der Waals surface area contributed by atoms with Crippen molar-refractivity contribution in [2.45, 2.75) is 94.9 Å². The van der Waals surface area contributed by atoms with Crippen LogP contribution in [-0.2, 0) is 19.0 Å². The first-order chi connectivity index (χ1) is 14.6. The Balaban J connectivity index is 1.70. The lowest BCUT2D eigenvalue weighted by molar-refractivity contribution is -0.222. The van der Waals surface area contributed by atoms with Gasteiger partial charge >= 0.3 is 0 Å². The number of nitrogens with zero attached hydrogens (tertiary/aromatic N) is 1. The molecule has 30 heavy (non-hydrogen) atoms. The molecule has 3 N–H and O–H groups in total. The summed E-state index contributed by atoms with van der Waals surface area (Å²) < 4.78 is 17.2. The predicted octanol–water partition coefficient (Wildman–Crippen LogP) is 1.24. The molecule has 2 fully saturated rings. The molecular weight excluding hydrogens is 390 g/mol. The van der Waals surface area contributed by atoms with Crippen LogP contribution in [0.5, 0.6) is 0 Å². The minimum absolute atomic E-state index is 0.0583. The molecule has 0 aromatic heterocycles. The van der Waals surface area contributed by atoms with Crippen LogP contribution in [0.2, 0.25) is 0 Å². The topological polar surface area (TPSA) is 109 Å². The van der Waals surface area contributed by atoms with Crippen LogP contribution in [0.25, 0.3) is 0 Å². The molecule has 0 bridgehead atoms. The highest BCUT2D eigenvalue weighted by molar-refractivity contribution is 5.48. The Bertz CT molecular complexity index is 453. The largest absolute Gasteiger partial charge is 0.394 e. The molecule has 0 aromatic carbocycles. The summed E-state index contributed by atoms with van der Waals surface area (Å²) in [6.07, 6.45) is 7.22. The molecule has 5 unspecified atom stereocenters. The van der Waals surface area contributed by atoms with Gasteiger partial charge in [0.15, 0.2) is 6.29 Å². The summed E-state index contributed by atoms with van der Waals surface area (Å²) in [5.41, 5.74) is 0. The van der Waals surface area contributed by atoms with Crippen LogP contribution in [0, 0.1) is 0 Å². The van der Waals surface area contributed by atoms with E-state index in [1.807, 2.05) is 0 Å². The van der Waals surface area contributed by atoms with Crippen molar-refractivity contribution in [3.05, 3.63) is 0 Å². The Kier molecular flexibility index (Phi) is 13.0. The average molecular weight is 432 g/mol. The molecular formula is C22H41NO7. The quantitative estimate of drug-likeness (QED) is 0.263. The zero-order valence-corrected chi connectivity index (χ0v) is 18.2. The second kappa shape index (κ2) is 15.2. The van der Waals surface area contributed by atoms with Crippen molar-refractivity contribution in [2.24, 2.45) is 0 Å². The van der Waals surface area contributed by atoms with Gasteiger partial charge in [-0.1, -0.05) is 6.42 Å². The number of aldehydes is 1. The maximum absolute atomic E-state index is 10.5. The van der Waals surface area contributed by atoms with Gasteiger partial charge in [-0.05, 0) is 51.6 Å². The first kappa shape index (κ1) is 25.6. The average Bonchev–Trinajstić information content (AvgIpc) is 2.74. The number of carbonyl (C=O) groups is 1. The summed E-state index contributed by atoms with van der Waals surface area (Å²) in [5.74, 6) is 0. The fraction of sp³-hybridized carbons (Fsp3) is 0.955. The highest BCUT2D eigenvalue weighted by Crippen LogP contribution is 2.21. The lowest BCUT2D eigenvalue weighted by Crippen LogP contribution is -2.40. The number of rotatable bonds is 15. The number of carbonyl (C=O) groups excluding carboxylic acids is 1. The van der Waals surface area contributed by atoms with Gasteiger partial charge < -0.3 is 39.2 Å². The molecule has 176 valence electrons. The zero-order chi connectivity index (χ0) is 21.6. The third kappa shape index (κ3) is 10.1. The zero-order valence-electron chi connectivity index (χ0n) is 18.2. The summed E-state index contributed by atoms with van der Waals surface area (Å²) in [6, 6.07) is 0. The number of hydrogen-bond donors (Lipinski definition) is 3. The monoisotopic (exact) mass is 431 g/mol. The van der Waals surface area contributed by atoms with Crippen LogP contribution in [-0.4, -0.2) is 96.7 Å². The Hall–Kier alpha value is -0.610. The fourth-order valence-electron chi connectivity index (χ4n) is 4.18. The van der Waals surface area contributed by atoms with E-state index in [4.69, 9.17) is 14.2 Å². The van der Waals surface area contributed by atoms with E-state index in [0.717, 1.165) is 77.5 Å². The van der Waals surface area contributed by atoms with Gasteiger partial charge in [0.1, 0.15) is 6.29 Å². The van der Waals surface area contributed by atoms with Crippen molar-refractivity contribution < 1.29 is 34.3 Å². The van der Waals surface area contributed by atoms with Crippen molar-refractivity contribution in [2.75, 3.05) is 39.5 Å². The fourth-order valence-corrected chi connectivity index (χ4v) is 4.18. The Morgan fingerprint density at radius 2 is 1.90 bits per heavy atom. The molecule has 2 saturated heterocycles. The van der Waals surface area contributed by atoms with Crippen LogP contribution < -0.4 is 0 Å². The van der Waals surface area contributed by atoms with Crippen LogP contribution in [0.4, 0.5) is 0 Å². The second-order valence-electron chi connectivity index (χ2n) is 8.48. The van der Waals surface area contributed by atoms with Crippen molar-refractivity contribution in [3.63, 3.8) is 0 Å². The number of unbranched alkanes of at least 4 members (excludes halogenated alkanes) is 3. The highest BCUT2D eigenvalue weighted by Gasteiger charge is 2.28. The number of hydrogen-bond acceptors (Lipinski definition) is 8. The molecule has 8 heteroatoms. The minimum atomic E-state index is -0.503. The van der Waals surface area contributed by atoms with E-state index in [2.05, 4.69) is 4.90 Å². The summed E-state index contributed by atoms with van der Waals surface area (Å²) >= 11 is 0. The van der Waals surface area contributed by atoms with Gasteiger partial charge in [-0.3, -0.25) is 0 Å². The molecule has 8 nitrogen and oxygen atoms in total. The molecule has 0 aliphatic carbocycles. The van der Waals surface area contributed by atoms with Gasteiger partial charge in [-0.15, -0.1) is 0 Å². The molecule has 5 atom stereocenters. The van der Waals surface area contributed by atoms with Crippen LogP contribution in [0.3, 0.4) is 0 Å². The van der Waals surface area contributed by atoms with Gasteiger partial charge in [0, 0.05) is 32.4 Å². The maximum Gasteiger partial charge on any atom is 0.160 e. The lowest BCUT2D eigenvalue weighted by Gasteiger charge is -2.33. The predicted molar refractivity (Wildman–Crippen MR) is 112 cm³/mol. The van der Waals surface area contributed by atoms with Crippen molar-refractivity contribution in [1.82, 2.24) is 4.90 Å². The molecule has 0 aromatic rings. The van der Waals surface area contributed by atoms with E-state index >= 15 is 0 Å². The van der Waals surface area contributed by atoms with Gasteiger partial charge in [-0.2, -0.15) is 0 Å². The van der Waals surface area contributed by atoms with Crippen LogP contribution >= 0.6 is 0 Å². The summed E-state index contributed by atoms with van der Waals surface area (Å²) in [6.45, 7) is 3.70. The molecule has 0 amide bonds. The van der Waals surface area contributed by atoms with E-state index in [0.29, 0.717) is 25.9 Å². The Morgan fingerprint density at radius 1 is 1.07 bits per heavy atom. The smallest absolute Gasteiger partial charge is 0.160 e. The minimum Gasteiger partial charge on any atom is -0.394 e. The standard InChI is InChI=1S/C22H41NO7/c24-12-4-2-1-3-9-23(10-5-8-21-20(27)7-6-13-28-21)11-14-29-22-16-18(26)15-19(17-25)30-22/h12,18-22,25-27H,1-11,13-17H2. The van der Waals surface area contributed by atoms with E-state index in [-0.39, 0.29) is 24.9 Å². The third-order valence-corrected chi connectivity index (χ3v) is 5.92. The van der Waals surface area contributed by atoms with Gasteiger partial charge in [0.25, 0.3) is 0 Å². The van der Waals surface area contributed by atoms with Gasteiger partial charge in [0.05, 0.1) is 37.6 Å². The van der Waals surface area contributed by atoms with Gasteiger partial charge in [-0.25, -0.2) is 0 Å². The van der Waals surface area contributed by atoms with E-state index in [1.165, 1.54) is 0 Å². The van der Waals surface area contributed by atoms with Crippen molar-refractivity contribution in [3.8, 4) is 0 Å². The molecule has 0 radical (unpaired) electrons. The summed E-state index contributed by atoms with van der Waals surface area (Å²) in [4.78, 5) is 12.8. The Morgan fingerprint density at radius 3 is 2.67 bits per heavy atom. The summed E-state index contributed by atoms with van der Waals surface area (Å²) in [7, 11) is 0. The molecule has 0 saturated carbocycles.